The highest BCUT2D eigenvalue weighted by Crippen LogP contribution is 2.28. The van der Waals surface area contributed by atoms with Crippen LogP contribution in [-0.2, 0) is 10.0 Å². The SMILES string of the molecule is Cc1ccc(S(=O)(=O)N(CCCN)C2CCCCC2)cc1. The molecule has 0 aliphatic heterocycles. The second-order valence-corrected chi connectivity index (χ2v) is 7.75. The number of hydrogen-bond donors (Lipinski definition) is 1. The summed E-state index contributed by atoms with van der Waals surface area (Å²) in [5.41, 5.74) is 6.66. The standard InChI is InChI=1S/C16H26N2O2S/c1-14-8-10-16(11-9-14)21(19,20)18(13-5-12-17)15-6-3-2-4-7-15/h8-11,15H,2-7,12-13,17H2,1H3. The molecule has 1 aromatic rings. The van der Waals surface area contributed by atoms with Gasteiger partial charge in [-0.3, -0.25) is 0 Å². The lowest BCUT2D eigenvalue weighted by molar-refractivity contribution is 0.252. The van der Waals surface area contributed by atoms with Gasteiger partial charge in [-0.15, -0.1) is 0 Å². The molecule has 0 atom stereocenters. The molecule has 0 bridgehead atoms. The van der Waals surface area contributed by atoms with E-state index in [0.717, 1.165) is 31.2 Å². The van der Waals surface area contributed by atoms with E-state index in [0.29, 0.717) is 24.4 Å². The van der Waals surface area contributed by atoms with Crippen LogP contribution < -0.4 is 5.73 Å². The molecule has 1 fully saturated rings. The van der Waals surface area contributed by atoms with Crippen molar-refractivity contribution in [2.24, 2.45) is 5.73 Å². The predicted molar refractivity (Wildman–Crippen MR) is 85.6 cm³/mol. The Morgan fingerprint density at radius 1 is 1.14 bits per heavy atom. The maximum Gasteiger partial charge on any atom is 0.243 e. The minimum atomic E-state index is -3.41. The summed E-state index contributed by atoms with van der Waals surface area (Å²) in [4.78, 5) is 0.399. The minimum Gasteiger partial charge on any atom is -0.330 e. The van der Waals surface area contributed by atoms with E-state index in [1.165, 1.54) is 6.42 Å². The van der Waals surface area contributed by atoms with E-state index in [-0.39, 0.29) is 6.04 Å². The fourth-order valence-electron chi connectivity index (χ4n) is 2.96. The van der Waals surface area contributed by atoms with Crippen molar-refractivity contribution >= 4 is 10.0 Å². The van der Waals surface area contributed by atoms with Gasteiger partial charge < -0.3 is 5.73 Å². The highest BCUT2D eigenvalue weighted by Gasteiger charge is 2.31. The van der Waals surface area contributed by atoms with E-state index >= 15 is 0 Å². The molecule has 0 spiro atoms. The molecule has 5 heteroatoms. The Morgan fingerprint density at radius 3 is 2.33 bits per heavy atom. The molecule has 0 aromatic heterocycles. The van der Waals surface area contributed by atoms with Crippen molar-refractivity contribution in [2.45, 2.75) is 56.4 Å². The van der Waals surface area contributed by atoms with Crippen LogP contribution in [0.15, 0.2) is 29.2 Å². The quantitative estimate of drug-likeness (QED) is 0.878. The van der Waals surface area contributed by atoms with Gasteiger partial charge in [-0.1, -0.05) is 37.0 Å². The molecule has 118 valence electrons. The second kappa shape index (κ2) is 7.38. The molecule has 1 aliphatic rings. The monoisotopic (exact) mass is 310 g/mol. The van der Waals surface area contributed by atoms with Crippen molar-refractivity contribution < 1.29 is 8.42 Å². The van der Waals surface area contributed by atoms with E-state index in [1.54, 1.807) is 16.4 Å². The first-order valence-corrected chi connectivity index (χ1v) is 9.28. The molecular weight excluding hydrogens is 284 g/mol. The van der Waals surface area contributed by atoms with Crippen LogP contribution in [0.3, 0.4) is 0 Å². The minimum absolute atomic E-state index is 0.136. The molecule has 0 amide bonds. The number of benzene rings is 1. The summed E-state index contributed by atoms with van der Waals surface area (Å²) in [7, 11) is -3.41. The highest BCUT2D eigenvalue weighted by molar-refractivity contribution is 7.89. The molecule has 0 radical (unpaired) electrons. The lowest BCUT2D eigenvalue weighted by Crippen LogP contribution is -2.42. The average Bonchev–Trinajstić information content (AvgIpc) is 2.49. The molecule has 1 aromatic carbocycles. The summed E-state index contributed by atoms with van der Waals surface area (Å²) in [5, 5.41) is 0. The number of sulfonamides is 1. The van der Waals surface area contributed by atoms with Crippen molar-refractivity contribution in [2.75, 3.05) is 13.1 Å². The zero-order valence-electron chi connectivity index (χ0n) is 12.8. The fourth-order valence-corrected chi connectivity index (χ4v) is 4.68. The third-order valence-corrected chi connectivity index (χ3v) is 6.16. The number of aryl methyl sites for hydroxylation is 1. The zero-order valence-corrected chi connectivity index (χ0v) is 13.6. The van der Waals surface area contributed by atoms with Gasteiger partial charge in [0.2, 0.25) is 10.0 Å². The Hall–Kier alpha value is -0.910. The van der Waals surface area contributed by atoms with Crippen molar-refractivity contribution in [3.63, 3.8) is 0 Å². The first-order valence-electron chi connectivity index (χ1n) is 7.84. The maximum absolute atomic E-state index is 12.9. The summed E-state index contributed by atoms with van der Waals surface area (Å²) in [6, 6.07) is 7.27. The molecule has 0 saturated heterocycles. The number of nitrogens with zero attached hydrogens (tertiary/aromatic N) is 1. The maximum atomic E-state index is 12.9. The van der Waals surface area contributed by atoms with Crippen molar-refractivity contribution in [3.8, 4) is 0 Å². The van der Waals surface area contributed by atoms with Crippen LogP contribution in [-0.4, -0.2) is 31.9 Å². The van der Waals surface area contributed by atoms with E-state index in [4.69, 9.17) is 5.73 Å². The Bertz CT molecular complexity index is 534. The Kier molecular flexibility index (Phi) is 5.79. The third-order valence-electron chi connectivity index (χ3n) is 4.19. The van der Waals surface area contributed by atoms with Gasteiger partial charge in [-0.2, -0.15) is 4.31 Å². The Labute approximate surface area is 128 Å². The molecule has 21 heavy (non-hydrogen) atoms. The number of hydrogen-bond acceptors (Lipinski definition) is 3. The lowest BCUT2D eigenvalue weighted by atomic mass is 9.95. The zero-order chi connectivity index (χ0) is 15.3. The van der Waals surface area contributed by atoms with E-state index in [2.05, 4.69) is 0 Å². The van der Waals surface area contributed by atoms with Crippen molar-refractivity contribution in [3.05, 3.63) is 29.8 Å². The van der Waals surface area contributed by atoms with Crippen molar-refractivity contribution in [1.29, 1.82) is 0 Å². The van der Waals surface area contributed by atoms with Gasteiger partial charge in [-0.25, -0.2) is 8.42 Å². The van der Waals surface area contributed by atoms with Crippen LogP contribution in [0, 0.1) is 6.92 Å². The van der Waals surface area contributed by atoms with Crippen LogP contribution >= 0.6 is 0 Å². The second-order valence-electron chi connectivity index (χ2n) is 5.86. The molecule has 4 nitrogen and oxygen atoms in total. The molecule has 1 saturated carbocycles. The highest BCUT2D eigenvalue weighted by atomic mass is 32.2. The van der Waals surface area contributed by atoms with Crippen LogP contribution in [0.25, 0.3) is 0 Å². The van der Waals surface area contributed by atoms with Gasteiger partial charge in [0.1, 0.15) is 0 Å². The van der Waals surface area contributed by atoms with Crippen LogP contribution in [0.2, 0.25) is 0 Å². The first kappa shape index (κ1) is 16.5. The number of nitrogens with two attached hydrogens (primary N) is 1. The van der Waals surface area contributed by atoms with E-state index < -0.39 is 10.0 Å². The smallest absolute Gasteiger partial charge is 0.243 e. The van der Waals surface area contributed by atoms with Crippen LogP contribution in [0.1, 0.15) is 44.1 Å². The largest absolute Gasteiger partial charge is 0.330 e. The predicted octanol–water partition coefficient (Wildman–Crippen LogP) is 2.67. The number of rotatable bonds is 6. The van der Waals surface area contributed by atoms with Gasteiger partial charge >= 0.3 is 0 Å². The van der Waals surface area contributed by atoms with Gasteiger partial charge in [-0.05, 0) is 44.9 Å². The fraction of sp³-hybridized carbons (Fsp3) is 0.625. The van der Waals surface area contributed by atoms with Crippen LogP contribution in [0.4, 0.5) is 0 Å². The summed E-state index contributed by atoms with van der Waals surface area (Å²) in [5.74, 6) is 0. The molecule has 2 rings (SSSR count). The summed E-state index contributed by atoms with van der Waals surface area (Å²) >= 11 is 0. The van der Waals surface area contributed by atoms with E-state index in [9.17, 15) is 8.42 Å². The Morgan fingerprint density at radius 2 is 1.76 bits per heavy atom. The average molecular weight is 310 g/mol. The van der Waals surface area contributed by atoms with Gasteiger partial charge in [0, 0.05) is 12.6 Å². The normalized spacial score (nSPS) is 17.3. The van der Waals surface area contributed by atoms with Gasteiger partial charge in [0.05, 0.1) is 4.90 Å². The lowest BCUT2D eigenvalue weighted by Gasteiger charge is -2.33. The molecule has 0 heterocycles. The van der Waals surface area contributed by atoms with E-state index in [1.807, 2.05) is 19.1 Å². The molecule has 1 aliphatic carbocycles. The van der Waals surface area contributed by atoms with Gasteiger partial charge in [0.25, 0.3) is 0 Å². The summed E-state index contributed by atoms with van der Waals surface area (Å²) in [6.07, 6.45) is 6.10. The molecular formula is C16H26N2O2S. The molecule has 0 unspecified atom stereocenters. The molecule has 2 N–H and O–H groups in total. The van der Waals surface area contributed by atoms with Crippen molar-refractivity contribution in [1.82, 2.24) is 4.31 Å². The topological polar surface area (TPSA) is 63.4 Å². The first-order chi connectivity index (χ1) is 10.1. The summed E-state index contributed by atoms with van der Waals surface area (Å²) in [6.45, 7) is 3.01. The van der Waals surface area contributed by atoms with Gasteiger partial charge in [0.15, 0.2) is 0 Å². The Balaban J connectivity index is 2.26. The van der Waals surface area contributed by atoms with Crippen LogP contribution in [0.5, 0.6) is 0 Å². The third kappa shape index (κ3) is 4.05. The summed E-state index contributed by atoms with van der Waals surface area (Å²) < 4.78 is 27.6.